The molecule has 1 unspecified atom stereocenters. The maximum absolute atomic E-state index is 12.9. The number of aliphatic hydroxyl groups excluding tert-OH is 3. The van der Waals surface area contributed by atoms with Gasteiger partial charge < -0.3 is 40.2 Å². The van der Waals surface area contributed by atoms with Crippen molar-refractivity contribution in [1.29, 1.82) is 0 Å². The molecule has 1 amide bonds. The van der Waals surface area contributed by atoms with Crippen LogP contribution in [0.2, 0.25) is 0 Å². The summed E-state index contributed by atoms with van der Waals surface area (Å²) in [5.74, 6) is 0.532. The minimum atomic E-state index is -1.39. The van der Waals surface area contributed by atoms with E-state index in [4.69, 9.17) is 14.2 Å². The number of amides is 1. The Bertz CT molecular complexity index is 1240. The van der Waals surface area contributed by atoms with Gasteiger partial charge in [-0.2, -0.15) is 0 Å². The molecule has 0 aromatic heterocycles. The van der Waals surface area contributed by atoms with Crippen LogP contribution in [0, 0.1) is 0 Å². The number of carbonyl (C=O) groups is 1. The standard InChI is InChI=1S/C26H32N2O8S/c1-12(29)27-16-7-5-13-9-17(28-26-23(33)22(32)19(31)11-36-26)24(34-2)25(35-3)21(13)14-6-8-20(37-4)18(30)10-15(14)16/h6,8-10,16,19,22-23,26,28,31-33H,5,7,11H2,1-4H3,(H,27,29)/t16-,19+,22+,23-,26?/m0/s1. The molecule has 0 radical (unpaired) electrons. The van der Waals surface area contributed by atoms with E-state index in [1.807, 2.05) is 18.4 Å². The highest BCUT2D eigenvalue weighted by Gasteiger charge is 2.38. The molecule has 0 bridgehead atoms. The highest BCUT2D eigenvalue weighted by Crippen LogP contribution is 2.49. The van der Waals surface area contributed by atoms with Crippen molar-refractivity contribution >= 4 is 23.4 Å². The van der Waals surface area contributed by atoms with Crippen LogP contribution in [0.3, 0.4) is 0 Å². The van der Waals surface area contributed by atoms with E-state index in [2.05, 4.69) is 10.6 Å². The van der Waals surface area contributed by atoms with Gasteiger partial charge >= 0.3 is 0 Å². The van der Waals surface area contributed by atoms with Crippen LogP contribution < -0.4 is 25.5 Å². The number of thioether (sulfide) groups is 1. The average Bonchev–Trinajstić information content (AvgIpc) is 3.11. The van der Waals surface area contributed by atoms with Gasteiger partial charge in [0, 0.05) is 12.5 Å². The lowest BCUT2D eigenvalue weighted by Gasteiger charge is -2.36. The van der Waals surface area contributed by atoms with Crippen LogP contribution >= 0.6 is 11.8 Å². The smallest absolute Gasteiger partial charge is 0.217 e. The quantitative estimate of drug-likeness (QED) is 0.346. The Balaban J connectivity index is 1.90. The zero-order valence-corrected chi connectivity index (χ0v) is 21.9. The van der Waals surface area contributed by atoms with Gasteiger partial charge in [0.1, 0.15) is 18.3 Å². The summed E-state index contributed by atoms with van der Waals surface area (Å²) in [5.41, 5.74) is 3.34. The van der Waals surface area contributed by atoms with Crippen molar-refractivity contribution in [2.24, 2.45) is 0 Å². The highest BCUT2D eigenvalue weighted by molar-refractivity contribution is 7.98. The van der Waals surface area contributed by atoms with Gasteiger partial charge in [-0.15, -0.1) is 11.8 Å². The number of fused-ring (bicyclic) bond motifs is 3. The molecule has 10 nitrogen and oxygen atoms in total. The van der Waals surface area contributed by atoms with Crippen molar-refractivity contribution in [2.75, 3.05) is 32.4 Å². The van der Waals surface area contributed by atoms with E-state index < -0.39 is 30.6 Å². The lowest BCUT2D eigenvalue weighted by Crippen LogP contribution is -2.55. The van der Waals surface area contributed by atoms with Gasteiger partial charge in [0.2, 0.25) is 5.91 Å². The van der Waals surface area contributed by atoms with E-state index in [1.165, 1.54) is 32.9 Å². The Hall–Kier alpha value is -2.83. The molecule has 5 N–H and O–H groups in total. The van der Waals surface area contributed by atoms with E-state index in [0.29, 0.717) is 40.5 Å². The maximum Gasteiger partial charge on any atom is 0.217 e. The molecular formula is C26H32N2O8S. The zero-order chi connectivity index (χ0) is 26.9. The SMILES string of the molecule is COc1c(NC2OC[C@@H](O)[C@@H](O)[C@@H]2O)cc2c(c1OC)-c1ccc(SC)c(=O)cc1[C@@H](NC(C)=O)CC2. The molecule has 1 aliphatic carbocycles. The number of hydrogen-bond donors (Lipinski definition) is 5. The Kier molecular flexibility index (Phi) is 8.29. The van der Waals surface area contributed by atoms with E-state index in [9.17, 15) is 24.9 Å². The number of methoxy groups -OCH3 is 2. The Morgan fingerprint density at radius 3 is 2.49 bits per heavy atom. The molecule has 1 heterocycles. The van der Waals surface area contributed by atoms with Crippen molar-refractivity contribution in [3.05, 3.63) is 45.6 Å². The molecule has 5 atom stereocenters. The number of ether oxygens (including phenoxy) is 3. The number of anilines is 1. The molecule has 1 aliphatic heterocycles. The van der Waals surface area contributed by atoms with Crippen LogP contribution in [0.1, 0.15) is 30.5 Å². The fourth-order valence-electron chi connectivity index (χ4n) is 4.94. The second-order valence-electron chi connectivity index (χ2n) is 9.04. The summed E-state index contributed by atoms with van der Waals surface area (Å²) in [6.07, 6.45) is -2.07. The highest BCUT2D eigenvalue weighted by atomic mass is 32.2. The monoisotopic (exact) mass is 532 g/mol. The van der Waals surface area contributed by atoms with Gasteiger partial charge in [0.15, 0.2) is 23.2 Å². The molecule has 1 fully saturated rings. The summed E-state index contributed by atoms with van der Waals surface area (Å²) in [6, 6.07) is 6.66. The van der Waals surface area contributed by atoms with Crippen molar-refractivity contribution in [3.63, 3.8) is 0 Å². The zero-order valence-electron chi connectivity index (χ0n) is 21.1. The summed E-state index contributed by atoms with van der Waals surface area (Å²) in [6.45, 7) is 1.29. The predicted molar refractivity (Wildman–Crippen MR) is 139 cm³/mol. The molecule has 2 aromatic rings. The van der Waals surface area contributed by atoms with Gasteiger partial charge in [-0.25, -0.2) is 0 Å². The summed E-state index contributed by atoms with van der Waals surface area (Å²) in [4.78, 5) is 25.6. The summed E-state index contributed by atoms with van der Waals surface area (Å²) < 4.78 is 17.1. The van der Waals surface area contributed by atoms with Gasteiger partial charge in [0.05, 0.1) is 37.5 Å². The third-order valence-electron chi connectivity index (χ3n) is 6.71. The second-order valence-corrected chi connectivity index (χ2v) is 9.89. The maximum atomic E-state index is 12.9. The van der Waals surface area contributed by atoms with Crippen molar-refractivity contribution < 1.29 is 34.3 Å². The lowest BCUT2D eigenvalue weighted by atomic mass is 9.95. The lowest BCUT2D eigenvalue weighted by molar-refractivity contribution is -0.178. The number of aliphatic hydroxyl groups is 3. The van der Waals surface area contributed by atoms with Crippen LogP contribution in [-0.4, -0.2) is 72.8 Å². The summed E-state index contributed by atoms with van der Waals surface area (Å²) in [5, 5.41) is 36.4. The Labute approximate surface area is 219 Å². The first kappa shape index (κ1) is 27.2. The van der Waals surface area contributed by atoms with E-state index in [-0.39, 0.29) is 17.9 Å². The summed E-state index contributed by atoms with van der Waals surface area (Å²) >= 11 is 1.35. The van der Waals surface area contributed by atoms with Crippen LogP contribution in [0.25, 0.3) is 11.1 Å². The topological polar surface area (TPSA) is 147 Å². The molecule has 1 saturated heterocycles. The Morgan fingerprint density at radius 2 is 1.84 bits per heavy atom. The number of nitrogens with one attached hydrogen (secondary N) is 2. The molecule has 200 valence electrons. The van der Waals surface area contributed by atoms with Crippen LogP contribution in [0.4, 0.5) is 5.69 Å². The fraction of sp³-hybridized carbons (Fsp3) is 0.462. The number of aryl methyl sites for hydroxylation is 1. The van der Waals surface area contributed by atoms with Crippen molar-refractivity contribution in [3.8, 4) is 22.6 Å². The largest absolute Gasteiger partial charge is 0.492 e. The molecule has 2 aromatic carbocycles. The van der Waals surface area contributed by atoms with Crippen LogP contribution in [0.5, 0.6) is 11.5 Å². The molecule has 4 rings (SSSR count). The van der Waals surface area contributed by atoms with E-state index in [0.717, 1.165) is 16.7 Å². The van der Waals surface area contributed by atoms with E-state index >= 15 is 0 Å². The predicted octanol–water partition coefficient (Wildman–Crippen LogP) is 1.43. The van der Waals surface area contributed by atoms with Crippen molar-refractivity contribution in [2.45, 2.75) is 55.2 Å². The van der Waals surface area contributed by atoms with Gasteiger partial charge in [-0.3, -0.25) is 9.59 Å². The normalized spacial score (nSPS) is 24.8. The fourth-order valence-corrected chi connectivity index (χ4v) is 5.40. The minimum absolute atomic E-state index is 0.138. The van der Waals surface area contributed by atoms with Crippen LogP contribution in [0.15, 0.2) is 34.0 Å². The molecule has 37 heavy (non-hydrogen) atoms. The Morgan fingerprint density at radius 1 is 1.11 bits per heavy atom. The second kappa shape index (κ2) is 11.3. The molecule has 11 heteroatoms. The first-order valence-electron chi connectivity index (χ1n) is 11.9. The van der Waals surface area contributed by atoms with Crippen molar-refractivity contribution in [1.82, 2.24) is 5.32 Å². The first-order valence-corrected chi connectivity index (χ1v) is 13.1. The minimum Gasteiger partial charge on any atom is -0.492 e. The van der Waals surface area contributed by atoms with E-state index in [1.54, 1.807) is 12.1 Å². The molecule has 2 aliphatic rings. The average molecular weight is 533 g/mol. The number of hydrogen-bond acceptors (Lipinski definition) is 10. The summed E-state index contributed by atoms with van der Waals surface area (Å²) in [7, 11) is 3.00. The van der Waals surface area contributed by atoms with Gasteiger partial charge in [0.25, 0.3) is 0 Å². The number of benzene rings is 1. The van der Waals surface area contributed by atoms with Crippen LogP contribution in [-0.2, 0) is 16.0 Å². The third-order valence-corrected chi connectivity index (χ3v) is 7.49. The first-order chi connectivity index (χ1) is 17.7. The molecule has 0 spiro atoms. The number of carbonyl (C=O) groups excluding carboxylic acids is 1. The number of rotatable bonds is 6. The van der Waals surface area contributed by atoms with Gasteiger partial charge in [-0.05, 0) is 54.0 Å². The third kappa shape index (κ3) is 5.27. The molecule has 0 saturated carbocycles. The molecular weight excluding hydrogens is 500 g/mol. The van der Waals surface area contributed by atoms with Gasteiger partial charge in [-0.1, -0.05) is 6.07 Å².